The lowest BCUT2D eigenvalue weighted by atomic mass is 10.1. The van der Waals surface area contributed by atoms with Crippen molar-refractivity contribution >= 4 is 11.7 Å². The number of benzene rings is 1. The summed E-state index contributed by atoms with van der Waals surface area (Å²) in [5.41, 5.74) is 4.54. The zero-order valence-electron chi connectivity index (χ0n) is 10.8. The predicted octanol–water partition coefficient (Wildman–Crippen LogP) is 0.590. The van der Waals surface area contributed by atoms with Crippen molar-refractivity contribution in [3.63, 3.8) is 0 Å². The molecule has 0 aliphatic carbocycles. The van der Waals surface area contributed by atoms with Gasteiger partial charge in [-0.1, -0.05) is 12.1 Å². The third kappa shape index (κ3) is 4.51. The van der Waals surface area contributed by atoms with Gasteiger partial charge in [0.2, 0.25) is 0 Å². The Balaban J connectivity index is 1.80. The molecule has 1 aromatic rings. The van der Waals surface area contributed by atoms with E-state index in [2.05, 4.69) is 10.7 Å². The fourth-order valence-corrected chi connectivity index (χ4v) is 1.86. The normalized spacial score (nSPS) is 16.1. The van der Waals surface area contributed by atoms with Crippen LogP contribution in [0.5, 0.6) is 0 Å². The Kier molecular flexibility index (Phi) is 5.14. The summed E-state index contributed by atoms with van der Waals surface area (Å²) < 4.78 is 5.20. The number of anilines is 1. The predicted molar refractivity (Wildman–Crippen MR) is 71.8 cm³/mol. The quantitative estimate of drug-likeness (QED) is 0.745. The van der Waals surface area contributed by atoms with Crippen LogP contribution in [-0.2, 0) is 11.2 Å². The molecular weight excluding hydrogens is 246 g/mol. The number of nitrogens with zero attached hydrogens (tertiary/aromatic N) is 1. The van der Waals surface area contributed by atoms with Crippen molar-refractivity contribution in [3.8, 4) is 0 Å². The van der Waals surface area contributed by atoms with Crippen LogP contribution in [0.2, 0.25) is 0 Å². The zero-order chi connectivity index (χ0) is 13.5. The summed E-state index contributed by atoms with van der Waals surface area (Å²) in [7, 11) is 0. The van der Waals surface area contributed by atoms with Crippen LogP contribution in [0.15, 0.2) is 24.3 Å². The lowest BCUT2D eigenvalue weighted by Crippen LogP contribution is -2.49. The Bertz CT molecular complexity index is 402. The minimum atomic E-state index is -0.253. The molecule has 0 spiro atoms. The van der Waals surface area contributed by atoms with Gasteiger partial charge in [0.15, 0.2) is 0 Å². The Morgan fingerprint density at radius 1 is 1.26 bits per heavy atom. The maximum Gasteiger partial charge on any atom is 0.333 e. The zero-order valence-corrected chi connectivity index (χ0v) is 10.8. The number of rotatable bonds is 4. The summed E-state index contributed by atoms with van der Waals surface area (Å²) in [6, 6.07) is 7.17. The Hall–Kier alpha value is -1.63. The fourth-order valence-electron chi connectivity index (χ4n) is 1.86. The van der Waals surface area contributed by atoms with Gasteiger partial charge in [-0.15, -0.1) is 0 Å². The van der Waals surface area contributed by atoms with Crippen LogP contribution in [0.1, 0.15) is 5.56 Å². The first-order valence-electron chi connectivity index (χ1n) is 6.38. The molecule has 1 aliphatic rings. The van der Waals surface area contributed by atoms with Crippen LogP contribution in [0.3, 0.4) is 0 Å². The molecule has 1 aliphatic heterocycles. The standard InChI is InChI=1S/C13H19N3O3/c17-8-5-11-1-3-12(4-2-11)14-13(18)15-16-6-9-19-10-7-16/h1-4,17H,5-10H2,(H2,14,15,18). The Labute approximate surface area is 112 Å². The highest BCUT2D eigenvalue weighted by Gasteiger charge is 2.12. The smallest absolute Gasteiger partial charge is 0.333 e. The molecule has 104 valence electrons. The molecule has 6 nitrogen and oxygen atoms in total. The van der Waals surface area contributed by atoms with Crippen LogP contribution in [-0.4, -0.2) is 49.1 Å². The molecule has 0 bridgehead atoms. The van der Waals surface area contributed by atoms with Gasteiger partial charge in [0.25, 0.3) is 0 Å². The van der Waals surface area contributed by atoms with E-state index in [1.165, 1.54) is 0 Å². The maximum atomic E-state index is 11.7. The molecule has 3 N–H and O–H groups in total. The number of hydrogen-bond donors (Lipinski definition) is 3. The molecule has 0 saturated carbocycles. The molecule has 6 heteroatoms. The number of aliphatic hydroxyl groups excluding tert-OH is 1. The number of carbonyl (C=O) groups is 1. The van der Waals surface area contributed by atoms with Gasteiger partial charge in [-0.05, 0) is 24.1 Å². The average Bonchev–Trinajstić information content (AvgIpc) is 2.42. The number of carbonyl (C=O) groups excluding carboxylic acids is 1. The first-order chi connectivity index (χ1) is 9.28. The van der Waals surface area contributed by atoms with Gasteiger partial charge < -0.3 is 15.2 Å². The largest absolute Gasteiger partial charge is 0.396 e. The number of morpholine rings is 1. The van der Waals surface area contributed by atoms with Crippen molar-refractivity contribution in [2.24, 2.45) is 0 Å². The van der Waals surface area contributed by atoms with Gasteiger partial charge >= 0.3 is 6.03 Å². The summed E-state index contributed by atoms with van der Waals surface area (Å²) in [6.07, 6.45) is 0.625. The minimum Gasteiger partial charge on any atom is -0.396 e. The number of urea groups is 1. The van der Waals surface area contributed by atoms with E-state index in [4.69, 9.17) is 9.84 Å². The van der Waals surface area contributed by atoms with E-state index < -0.39 is 0 Å². The van der Waals surface area contributed by atoms with Gasteiger partial charge in [0.1, 0.15) is 0 Å². The van der Waals surface area contributed by atoms with Crippen LogP contribution in [0.25, 0.3) is 0 Å². The summed E-state index contributed by atoms with van der Waals surface area (Å²) in [6.45, 7) is 2.79. The van der Waals surface area contributed by atoms with Crippen molar-refractivity contribution < 1.29 is 14.6 Å². The molecule has 19 heavy (non-hydrogen) atoms. The van der Waals surface area contributed by atoms with E-state index in [0.29, 0.717) is 32.7 Å². The van der Waals surface area contributed by atoms with Crippen molar-refractivity contribution in [1.82, 2.24) is 10.4 Å². The molecule has 1 heterocycles. The van der Waals surface area contributed by atoms with E-state index in [1.54, 1.807) is 0 Å². The van der Waals surface area contributed by atoms with Gasteiger partial charge in [-0.25, -0.2) is 9.80 Å². The molecule has 1 saturated heterocycles. The molecule has 1 fully saturated rings. The van der Waals surface area contributed by atoms with Crippen molar-refractivity contribution in [2.45, 2.75) is 6.42 Å². The van der Waals surface area contributed by atoms with Crippen molar-refractivity contribution in [1.29, 1.82) is 0 Å². The number of nitrogens with one attached hydrogen (secondary N) is 2. The topological polar surface area (TPSA) is 73.8 Å². The number of aliphatic hydroxyl groups is 1. The summed E-state index contributed by atoms with van der Waals surface area (Å²) in [5.74, 6) is 0. The van der Waals surface area contributed by atoms with Crippen molar-refractivity contribution in [3.05, 3.63) is 29.8 Å². The third-order valence-corrected chi connectivity index (χ3v) is 2.88. The van der Waals surface area contributed by atoms with Crippen LogP contribution < -0.4 is 10.7 Å². The second kappa shape index (κ2) is 7.08. The first-order valence-corrected chi connectivity index (χ1v) is 6.38. The third-order valence-electron chi connectivity index (χ3n) is 2.88. The minimum absolute atomic E-state index is 0.129. The second-order valence-corrected chi connectivity index (χ2v) is 4.34. The summed E-state index contributed by atoms with van der Waals surface area (Å²) >= 11 is 0. The van der Waals surface area contributed by atoms with E-state index >= 15 is 0 Å². The molecule has 0 unspecified atom stereocenters. The SMILES string of the molecule is O=C(Nc1ccc(CCO)cc1)NN1CCOCC1. The molecule has 0 atom stereocenters. The highest BCUT2D eigenvalue weighted by Crippen LogP contribution is 2.09. The number of hydrazine groups is 1. The summed E-state index contributed by atoms with van der Waals surface area (Å²) in [4.78, 5) is 11.7. The van der Waals surface area contributed by atoms with E-state index in [9.17, 15) is 4.79 Å². The van der Waals surface area contributed by atoms with Crippen LogP contribution in [0, 0.1) is 0 Å². The number of ether oxygens (including phenoxy) is 1. The summed E-state index contributed by atoms with van der Waals surface area (Å²) in [5, 5.41) is 13.4. The monoisotopic (exact) mass is 265 g/mol. The van der Waals surface area contributed by atoms with Gasteiger partial charge in [-0.2, -0.15) is 0 Å². The molecule has 2 rings (SSSR count). The van der Waals surface area contributed by atoms with Crippen LogP contribution >= 0.6 is 0 Å². The van der Waals surface area contributed by atoms with Crippen LogP contribution in [0.4, 0.5) is 10.5 Å². The molecule has 2 amide bonds. The Morgan fingerprint density at radius 2 is 1.95 bits per heavy atom. The molecule has 0 radical (unpaired) electrons. The Morgan fingerprint density at radius 3 is 2.58 bits per heavy atom. The van der Waals surface area contributed by atoms with Crippen molar-refractivity contribution in [2.75, 3.05) is 38.2 Å². The molecular formula is C13H19N3O3. The second-order valence-electron chi connectivity index (χ2n) is 4.34. The fraction of sp³-hybridized carbons (Fsp3) is 0.462. The first kappa shape index (κ1) is 13.8. The van der Waals surface area contributed by atoms with Gasteiger partial charge in [-0.3, -0.25) is 5.43 Å². The van der Waals surface area contributed by atoms with E-state index in [0.717, 1.165) is 11.3 Å². The highest BCUT2D eigenvalue weighted by molar-refractivity contribution is 5.88. The average molecular weight is 265 g/mol. The van der Waals surface area contributed by atoms with Gasteiger partial charge in [0.05, 0.1) is 13.2 Å². The maximum absolute atomic E-state index is 11.7. The van der Waals surface area contributed by atoms with E-state index in [1.807, 2.05) is 29.3 Å². The number of hydrogen-bond acceptors (Lipinski definition) is 4. The highest BCUT2D eigenvalue weighted by atomic mass is 16.5. The van der Waals surface area contributed by atoms with Gasteiger partial charge in [0, 0.05) is 25.4 Å². The lowest BCUT2D eigenvalue weighted by Gasteiger charge is -2.26. The lowest BCUT2D eigenvalue weighted by molar-refractivity contribution is 0.0207. The molecule has 1 aromatic carbocycles. The van der Waals surface area contributed by atoms with E-state index in [-0.39, 0.29) is 12.6 Å². The number of amides is 2. The molecule has 0 aromatic heterocycles.